The van der Waals surface area contributed by atoms with Crippen LogP contribution in [0.25, 0.3) is 10.9 Å². The average molecular weight is 276 g/mol. The van der Waals surface area contributed by atoms with E-state index < -0.39 is 0 Å². The van der Waals surface area contributed by atoms with E-state index in [0.29, 0.717) is 6.04 Å². The van der Waals surface area contributed by atoms with Crippen LogP contribution in [0.5, 0.6) is 0 Å². The smallest absolute Gasteiger partial charge is 0.0740 e. The van der Waals surface area contributed by atoms with E-state index in [1.54, 1.807) is 0 Å². The van der Waals surface area contributed by atoms with Crippen molar-refractivity contribution in [1.29, 1.82) is 0 Å². The van der Waals surface area contributed by atoms with Crippen LogP contribution in [0.4, 0.5) is 0 Å². The van der Waals surface area contributed by atoms with Crippen molar-refractivity contribution >= 4 is 22.5 Å². The predicted octanol–water partition coefficient (Wildman–Crippen LogP) is 2.60. The van der Waals surface area contributed by atoms with Crippen LogP contribution in [0.3, 0.4) is 0 Å². The Bertz CT molecular complexity index is 608. The number of hydrogen-bond acceptors (Lipinski definition) is 3. The summed E-state index contributed by atoms with van der Waals surface area (Å²) in [5, 5.41) is 5.23. The molecule has 0 spiro atoms. The normalized spacial score (nSPS) is 16.0. The maximum atomic E-state index is 6.48. The van der Waals surface area contributed by atoms with Crippen molar-refractivity contribution in [2.24, 2.45) is 0 Å². The molecule has 2 aromatic rings. The molecule has 0 atom stereocenters. The molecule has 1 saturated heterocycles. The zero-order valence-corrected chi connectivity index (χ0v) is 12.0. The van der Waals surface area contributed by atoms with Gasteiger partial charge in [-0.05, 0) is 25.6 Å². The lowest BCUT2D eigenvalue weighted by atomic mass is 10.1. The Hall–Kier alpha value is -1.16. The molecule has 1 aromatic carbocycles. The lowest BCUT2D eigenvalue weighted by Crippen LogP contribution is -2.55. The molecule has 3 rings (SSSR count). The molecule has 1 aliphatic heterocycles. The number of likely N-dealkylation sites (N-methyl/N-ethyl adjacent to an activating group) is 1. The van der Waals surface area contributed by atoms with E-state index >= 15 is 0 Å². The van der Waals surface area contributed by atoms with E-state index in [9.17, 15) is 0 Å². The maximum Gasteiger partial charge on any atom is 0.0740 e. The number of nitrogens with zero attached hydrogens (tertiary/aromatic N) is 2. The molecule has 0 amide bonds. The minimum atomic E-state index is 0.602. The van der Waals surface area contributed by atoms with Gasteiger partial charge in [-0.1, -0.05) is 29.8 Å². The van der Waals surface area contributed by atoms with Crippen molar-refractivity contribution in [3.8, 4) is 0 Å². The number of aryl methyl sites for hydroxylation is 1. The molecule has 0 aliphatic carbocycles. The van der Waals surface area contributed by atoms with Gasteiger partial charge in [-0.2, -0.15) is 0 Å². The Morgan fingerprint density at radius 2 is 2.11 bits per heavy atom. The molecule has 2 heterocycles. The quantitative estimate of drug-likeness (QED) is 0.933. The van der Waals surface area contributed by atoms with Crippen LogP contribution in [0, 0.1) is 6.92 Å². The summed E-state index contributed by atoms with van der Waals surface area (Å²) in [6.45, 7) is 4.99. The van der Waals surface area contributed by atoms with Gasteiger partial charge in [0.2, 0.25) is 0 Å². The Kier molecular flexibility index (Phi) is 3.44. The van der Waals surface area contributed by atoms with Crippen LogP contribution in [-0.2, 0) is 6.54 Å². The molecule has 0 unspecified atom stereocenters. The summed E-state index contributed by atoms with van der Waals surface area (Å²) < 4.78 is 0. The molecule has 19 heavy (non-hydrogen) atoms. The number of benzene rings is 1. The maximum absolute atomic E-state index is 6.48. The third-order valence-electron chi connectivity index (χ3n) is 3.93. The second kappa shape index (κ2) is 5.08. The highest BCUT2D eigenvalue weighted by molar-refractivity contribution is 6.32. The van der Waals surface area contributed by atoms with E-state index in [0.717, 1.165) is 46.8 Å². The minimum Gasteiger partial charge on any atom is -0.314 e. The monoisotopic (exact) mass is 275 g/mol. The van der Waals surface area contributed by atoms with Crippen LogP contribution < -0.4 is 5.32 Å². The number of halogens is 1. The number of fused-ring (bicyclic) bond motifs is 1. The van der Waals surface area contributed by atoms with Crippen LogP contribution in [0.2, 0.25) is 5.02 Å². The third-order valence-corrected chi connectivity index (χ3v) is 4.43. The fourth-order valence-electron chi connectivity index (χ4n) is 2.47. The summed E-state index contributed by atoms with van der Waals surface area (Å²) >= 11 is 6.48. The number of rotatable bonds is 3. The molecule has 1 aromatic heterocycles. The summed E-state index contributed by atoms with van der Waals surface area (Å²) in [6, 6.07) is 8.77. The van der Waals surface area contributed by atoms with E-state index in [1.807, 2.05) is 18.2 Å². The number of nitrogens with one attached hydrogen (secondary N) is 1. The first-order chi connectivity index (χ1) is 9.16. The zero-order valence-electron chi connectivity index (χ0n) is 11.3. The molecule has 0 saturated carbocycles. The van der Waals surface area contributed by atoms with Gasteiger partial charge in [-0.25, -0.2) is 4.98 Å². The van der Waals surface area contributed by atoms with Crippen LogP contribution in [0.15, 0.2) is 24.3 Å². The summed E-state index contributed by atoms with van der Waals surface area (Å²) in [5.74, 6) is 0. The molecule has 3 nitrogen and oxygen atoms in total. The largest absolute Gasteiger partial charge is 0.314 e. The molecular weight excluding hydrogens is 258 g/mol. The van der Waals surface area contributed by atoms with Crippen molar-refractivity contribution < 1.29 is 0 Å². The van der Waals surface area contributed by atoms with Crippen molar-refractivity contribution in [3.63, 3.8) is 0 Å². The van der Waals surface area contributed by atoms with E-state index in [1.165, 1.54) is 0 Å². The highest BCUT2D eigenvalue weighted by Gasteiger charge is 2.22. The SMILES string of the molecule is Cc1c(Cl)c(CN(C)C2CNC2)nc2ccccc12. The lowest BCUT2D eigenvalue weighted by molar-refractivity contribution is 0.171. The summed E-state index contributed by atoms with van der Waals surface area (Å²) in [6.07, 6.45) is 0. The zero-order chi connectivity index (χ0) is 13.4. The predicted molar refractivity (Wildman–Crippen MR) is 79.6 cm³/mol. The van der Waals surface area contributed by atoms with Crippen LogP contribution in [0.1, 0.15) is 11.3 Å². The molecule has 1 aliphatic rings. The number of pyridine rings is 1. The van der Waals surface area contributed by atoms with E-state index in [-0.39, 0.29) is 0 Å². The second-order valence-electron chi connectivity index (χ2n) is 5.24. The molecular formula is C15H18ClN3. The highest BCUT2D eigenvalue weighted by atomic mass is 35.5. The van der Waals surface area contributed by atoms with Crippen molar-refractivity contribution in [2.45, 2.75) is 19.5 Å². The van der Waals surface area contributed by atoms with E-state index in [4.69, 9.17) is 16.6 Å². The Balaban J connectivity index is 1.96. The van der Waals surface area contributed by atoms with Gasteiger partial charge in [0.15, 0.2) is 0 Å². The van der Waals surface area contributed by atoms with Gasteiger partial charge in [0.25, 0.3) is 0 Å². The topological polar surface area (TPSA) is 28.2 Å². The highest BCUT2D eigenvalue weighted by Crippen LogP contribution is 2.27. The second-order valence-corrected chi connectivity index (χ2v) is 5.62. The summed E-state index contributed by atoms with van der Waals surface area (Å²) in [5.41, 5.74) is 3.13. The number of hydrogen-bond donors (Lipinski definition) is 1. The third kappa shape index (κ3) is 2.34. The number of aromatic nitrogens is 1. The first-order valence-electron chi connectivity index (χ1n) is 6.61. The van der Waals surface area contributed by atoms with Crippen LogP contribution >= 0.6 is 11.6 Å². The molecule has 4 heteroatoms. The van der Waals surface area contributed by atoms with Gasteiger partial charge in [-0.15, -0.1) is 0 Å². The standard InChI is InChI=1S/C15H18ClN3/c1-10-12-5-3-4-6-13(12)18-14(15(10)16)9-19(2)11-7-17-8-11/h3-6,11,17H,7-9H2,1-2H3. The Labute approximate surface area is 118 Å². The van der Waals surface area contributed by atoms with Crippen molar-refractivity contribution in [3.05, 3.63) is 40.5 Å². The van der Waals surface area contributed by atoms with Crippen molar-refractivity contribution in [1.82, 2.24) is 15.2 Å². The average Bonchev–Trinajstić information content (AvgIpc) is 2.33. The van der Waals surface area contributed by atoms with E-state index in [2.05, 4.69) is 30.3 Å². The van der Waals surface area contributed by atoms with Gasteiger partial charge in [0.1, 0.15) is 0 Å². The van der Waals surface area contributed by atoms with Gasteiger partial charge < -0.3 is 5.32 Å². The molecule has 0 radical (unpaired) electrons. The van der Waals surface area contributed by atoms with Gasteiger partial charge >= 0.3 is 0 Å². The Morgan fingerprint density at radius 3 is 2.79 bits per heavy atom. The fourth-order valence-corrected chi connectivity index (χ4v) is 2.68. The summed E-state index contributed by atoms with van der Waals surface area (Å²) in [4.78, 5) is 7.04. The number of para-hydroxylation sites is 1. The first-order valence-corrected chi connectivity index (χ1v) is 6.99. The fraction of sp³-hybridized carbons (Fsp3) is 0.400. The molecule has 1 fully saturated rings. The summed E-state index contributed by atoms with van der Waals surface area (Å²) in [7, 11) is 2.13. The van der Waals surface area contributed by atoms with Gasteiger partial charge in [0.05, 0.1) is 16.2 Å². The van der Waals surface area contributed by atoms with Gasteiger partial charge in [0, 0.05) is 31.1 Å². The van der Waals surface area contributed by atoms with Gasteiger partial charge in [-0.3, -0.25) is 4.90 Å². The van der Waals surface area contributed by atoms with Crippen LogP contribution in [-0.4, -0.2) is 36.1 Å². The Morgan fingerprint density at radius 1 is 1.37 bits per heavy atom. The molecule has 1 N–H and O–H groups in total. The molecule has 0 bridgehead atoms. The lowest BCUT2D eigenvalue weighted by Gasteiger charge is -2.35. The van der Waals surface area contributed by atoms with Crippen molar-refractivity contribution in [2.75, 3.05) is 20.1 Å². The first kappa shape index (κ1) is 12.9. The minimum absolute atomic E-state index is 0.602. The molecule has 100 valence electrons.